The topological polar surface area (TPSA) is 79.0 Å². The maximum atomic E-state index is 12.9. The summed E-state index contributed by atoms with van der Waals surface area (Å²) in [4.78, 5) is 40.5. The number of carbonyl (C=O) groups excluding carboxylic acids is 3. The Morgan fingerprint density at radius 3 is 2.38 bits per heavy atom. The second-order valence-corrected chi connectivity index (χ2v) is 7.45. The number of halogens is 1. The first-order valence-corrected chi connectivity index (χ1v) is 8.92. The summed E-state index contributed by atoms with van der Waals surface area (Å²) in [5.41, 5.74) is -0.600. The number of urea groups is 1. The molecule has 3 atom stereocenters. The van der Waals surface area contributed by atoms with Gasteiger partial charge in [-0.05, 0) is 38.5 Å². The quantitative estimate of drug-likeness (QED) is 0.811. The van der Waals surface area contributed by atoms with Gasteiger partial charge in [0.25, 0.3) is 5.91 Å². The Labute approximate surface area is 157 Å². The first-order valence-electron chi connectivity index (χ1n) is 8.54. The molecule has 1 N–H and O–H groups in total. The molecular formula is C18H22ClN3O4. The van der Waals surface area contributed by atoms with Gasteiger partial charge in [0, 0.05) is 18.1 Å². The normalized spacial score (nSPS) is 29.1. The molecule has 0 saturated carbocycles. The highest BCUT2D eigenvalue weighted by atomic mass is 35.5. The lowest BCUT2D eigenvalue weighted by molar-refractivity contribution is -0.146. The Morgan fingerprint density at radius 2 is 1.81 bits per heavy atom. The van der Waals surface area contributed by atoms with Crippen LogP contribution in [-0.4, -0.2) is 59.5 Å². The average Bonchev–Trinajstić information content (AvgIpc) is 2.78. The largest absolute Gasteiger partial charge is 0.372 e. The lowest BCUT2D eigenvalue weighted by Crippen LogP contribution is -2.52. The van der Waals surface area contributed by atoms with E-state index in [0.717, 1.165) is 4.90 Å². The molecule has 1 aromatic rings. The number of benzene rings is 1. The van der Waals surface area contributed by atoms with Crippen molar-refractivity contribution >= 4 is 29.4 Å². The Balaban J connectivity index is 1.75. The Bertz CT molecular complexity index is 728. The van der Waals surface area contributed by atoms with Crippen LogP contribution in [0.1, 0.15) is 26.3 Å². The number of ether oxygens (including phenoxy) is 1. The molecule has 2 aliphatic heterocycles. The third-order valence-corrected chi connectivity index (χ3v) is 5.01. The molecule has 2 saturated heterocycles. The molecule has 8 heteroatoms. The molecule has 0 bridgehead atoms. The van der Waals surface area contributed by atoms with Gasteiger partial charge in [-0.1, -0.05) is 23.7 Å². The Morgan fingerprint density at radius 1 is 1.23 bits per heavy atom. The minimum atomic E-state index is -1.21. The van der Waals surface area contributed by atoms with E-state index in [4.69, 9.17) is 16.3 Å². The van der Waals surface area contributed by atoms with Crippen molar-refractivity contribution in [3.05, 3.63) is 34.9 Å². The maximum absolute atomic E-state index is 12.9. The van der Waals surface area contributed by atoms with Crippen molar-refractivity contribution in [2.45, 2.75) is 38.5 Å². The highest BCUT2D eigenvalue weighted by molar-refractivity contribution is 6.30. The van der Waals surface area contributed by atoms with E-state index in [0.29, 0.717) is 23.7 Å². The molecule has 3 rings (SSSR count). The summed E-state index contributed by atoms with van der Waals surface area (Å²) in [5, 5.41) is 3.23. The van der Waals surface area contributed by atoms with Crippen molar-refractivity contribution in [1.29, 1.82) is 0 Å². The standard InChI is InChI=1S/C18H22ClN3O4/c1-11-8-21(9-12(2)26-11)15(23)10-22-16(24)18(3,20-17(22)25)13-4-6-14(19)7-5-13/h4-7,11-12H,8-10H2,1-3H3,(H,20,25)/t11-,12-,18+/m0/s1. The van der Waals surface area contributed by atoms with Crippen LogP contribution in [0.25, 0.3) is 0 Å². The number of hydrogen-bond acceptors (Lipinski definition) is 4. The molecule has 140 valence electrons. The maximum Gasteiger partial charge on any atom is 0.325 e. The van der Waals surface area contributed by atoms with Gasteiger partial charge >= 0.3 is 6.03 Å². The van der Waals surface area contributed by atoms with Crippen LogP contribution in [-0.2, 0) is 19.9 Å². The summed E-state index contributed by atoms with van der Waals surface area (Å²) in [6.45, 7) is 6.01. The van der Waals surface area contributed by atoms with E-state index in [1.807, 2.05) is 13.8 Å². The molecule has 1 aromatic carbocycles. The Kier molecular flexibility index (Phi) is 4.94. The van der Waals surface area contributed by atoms with E-state index in [1.54, 1.807) is 36.1 Å². The summed E-state index contributed by atoms with van der Waals surface area (Å²) in [6.07, 6.45) is -0.157. The molecule has 0 aliphatic carbocycles. The zero-order chi connectivity index (χ0) is 19.1. The number of morpholine rings is 1. The van der Waals surface area contributed by atoms with Gasteiger partial charge in [0.2, 0.25) is 5.91 Å². The highest BCUT2D eigenvalue weighted by Gasteiger charge is 2.49. The van der Waals surface area contributed by atoms with Gasteiger partial charge in [-0.25, -0.2) is 4.79 Å². The van der Waals surface area contributed by atoms with Crippen molar-refractivity contribution in [2.24, 2.45) is 0 Å². The van der Waals surface area contributed by atoms with Crippen LogP contribution in [0.4, 0.5) is 4.79 Å². The fourth-order valence-corrected chi connectivity index (χ4v) is 3.56. The lowest BCUT2D eigenvalue weighted by atomic mass is 9.92. The van der Waals surface area contributed by atoms with Gasteiger partial charge in [-0.3, -0.25) is 14.5 Å². The molecule has 0 spiro atoms. The number of carbonyl (C=O) groups is 3. The summed E-state index contributed by atoms with van der Waals surface area (Å²) in [7, 11) is 0. The van der Waals surface area contributed by atoms with E-state index in [1.165, 1.54) is 0 Å². The summed E-state index contributed by atoms with van der Waals surface area (Å²) in [6, 6.07) is 6.13. The van der Waals surface area contributed by atoms with Gasteiger partial charge in [-0.2, -0.15) is 0 Å². The van der Waals surface area contributed by atoms with E-state index in [-0.39, 0.29) is 24.7 Å². The predicted octanol–water partition coefficient (Wildman–Crippen LogP) is 1.74. The minimum absolute atomic E-state index is 0.0786. The minimum Gasteiger partial charge on any atom is -0.372 e. The zero-order valence-electron chi connectivity index (χ0n) is 15.0. The SMILES string of the molecule is C[C@H]1CN(C(=O)CN2C(=O)N[C@](C)(c3ccc(Cl)cc3)C2=O)C[C@H](C)O1. The van der Waals surface area contributed by atoms with Gasteiger partial charge < -0.3 is 15.0 Å². The van der Waals surface area contributed by atoms with Crippen molar-refractivity contribution in [3.63, 3.8) is 0 Å². The first kappa shape index (κ1) is 18.7. The Hall–Kier alpha value is -2.12. The number of amides is 4. The predicted molar refractivity (Wildman–Crippen MR) is 95.6 cm³/mol. The van der Waals surface area contributed by atoms with Crippen molar-refractivity contribution in [3.8, 4) is 0 Å². The number of rotatable bonds is 3. The van der Waals surface area contributed by atoms with Crippen LogP contribution in [0.15, 0.2) is 24.3 Å². The molecule has 2 heterocycles. The highest BCUT2D eigenvalue weighted by Crippen LogP contribution is 2.29. The van der Waals surface area contributed by atoms with Crippen LogP contribution >= 0.6 is 11.6 Å². The lowest BCUT2D eigenvalue weighted by Gasteiger charge is -2.35. The fraction of sp³-hybridized carbons (Fsp3) is 0.500. The fourth-order valence-electron chi connectivity index (χ4n) is 3.44. The number of imide groups is 1. The number of nitrogens with zero attached hydrogens (tertiary/aromatic N) is 2. The molecule has 0 unspecified atom stereocenters. The van der Waals surface area contributed by atoms with E-state index < -0.39 is 17.5 Å². The summed E-state index contributed by atoms with van der Waals surface area (Å²) in [5.74, 6) is -0.719. The van der Waals surface area contributed by atoms with Crippen LogP contribution in [0.2, 0.25) is 5.02 Å². The second kappa shape index (κ2) is 6.89. The summed E-state index contributed by atoms with van der Waals surface area (Å²) >= 11 is 5.89. The van der Waals surface area contributed by atoms with E-state index >= 15 is 0 Å². The third-order valence-electron chi connectivity index (χ3n) is 4.76. The van der Waals surface area contributed by atoms with Crippen molar-refractivity contribution in [1.82, 2.24) is 15.1 Å². The molecule has 0 radical (unpaired) electrons. The molecule has 4 amide bonds. The zero-order valence-corrected chi connectivity index (χ0v) is 15.7. The monoisotopic (exact) mass is 379 g/mol. The number of nitrogens with one attached hydrogen (secondary N) is 1. The van der Waals surface area contributed by atoms with Crippen molar-refractivity contribution < 1.29 is 19.1 Å². The molecule has 7 nitrogen and oxygen atoms in total. The molecule has 0 aromatic heterocycles. The first-order chi connectivity index (χ1) is 12.2. The third kappa shape index (κ3) is 3.41. The smallest absolute Gasteiger partial charge is 0.325 e. The second-order valence-electron chi connectivity index (χ2n) is 7.01. The van der Waals surface area contributed by atoms with Gasteiger partial charge in [0.05, 0.1) is 12.2 Å². The van der Waals surface area contributed by atoms with Gasteiger partial charge in [0.1, 0.15) is 12.1 Å². The van der Waals surface area contributed by atoms with Crippen molar-refractivity contribution in [2.75, 3.05) is 19.6 Å². The van der Waals surface area contributed by atoms with E-state index in [9.17, 15) is 14.4 Å². The van der Waals surface area contributed by atoms with Crippen LogP contribution in [0.3, 0.4) is 0 Å². The van der Waals surface area contributed by atoms with Gasteiger partial charge in [0.15, 0.2) is 0 Å². The molecule has 2 fully saturated rings. The molecule has 2 aliphatic rings. The van der Waals surface area contributed by atoms with Crippen LogP contribution < -0.4 is 5.32 Å². The van der Waals surface area contributed by atoms with E-state index in [2.05, 4.69) is 5.32 Å². The van der Waals surface area contributed by atoms with Crippen LogP contribution in [0.5, 0.6) is 0 Å². The molecular weight excluding hydrogens is 358 g/mol. The average molecular weight is 380 g/mol. The van der Waals surface area contributed by atoms with Crippen LogP contribution in [0, 0.1) is 0 Å². The van der Waals surface area contributed by atoms with Gasteiger partial charge in [-0.15, -0.1) is 0 Å². The number of hydrogen-bond donors (Lipinski definition) is 1. The summed E-state index contributed by atoms with van der Waals surface area (Å²) < 4.78 is 5.61. The molecule has 26 heavy (non-hydrogen) atoms.